The number of nitrogens with two attached hydrogens (primary N) is 1. The number of methoxy groups -OCH3 is 1. The van der Waals surface area contributed by atoms with Gasteiger partial charge in [-0.25, -0.2) is 10.8 Å². The van der Waals surface area contributed by atoms with E-state index in [2.05, 4.69) is 15.3 Å². The first kappa shape index (κ1) is 11.7. The van der Waals surface area contributed by atoms with Gasteiger partial charge in [-0.2, -0.15) is 0 Å². The molecule has 1 aliphatic carbocycles. The minimum absolute atomic E-state index is 0.148. The maximum absolute atomic E-state index is 5.57. The van der Waals surface area contributed by atoms with E-state index in [-0.39, 0.29) is 6.04 Å². The molecule has 1 heterocycles. The number of hydrogen-bond donors (Lipinski definition) is 2. The standard InChI is InChI=1S/C11H22N4O/c1-8(7-16-2)13-11(14-12)15-6-9-3-4-10(15)5-9/h8-10H,3-7,12H2,1-2H3,(H,13,14). The number of nitrogens with zero attached hydrogens (tertiary/aromatic N) is 2. The highest BCUT2D eigenvalue weighted by Crippen LogP contribution is 2.37. The third-order valence-corrected chi connectivity index (χ3v) is 3.56. The van der Waals surface area contributed by atoms with Crippen molar-refractivity contribution in [3.05, 3.63) is 0 Å². The molecule has 1 aliphatic heterocycles. The zero-order valence-corrected chi connectivity index (χ0v) is 10.1. The van der Waals surface area contributed by atoms with E-state index in [4.69, 9.17) is 10.6 Å². The van der Waals surface area contributed by atoms with Crippen molar-refractivity contribution in [1.29, 1.82) is 0 Å². The highest BCUT2D eigenvalue weighted by Gasteiger charge is 2.39. The number of hydrogen-bond acceptors (Lipinski definition) is 3. The van der Waals surface area contributed by atoms with Crippen molar-refractivity contribution in [2.75, 3.05) is 20.3 Å². The van der Waals surface area contributed by atoms with Crippen LogP contribution in [0.1, 0.15) is 26.2 Å². The number of fused-ring (bicyclic) bond motifs is 2. The van der Waals surface area contributed by atoms with Crippen LogP contribution in [0.2, 0.25) is 0 Å². The van der Waals surface area contributed by atoms with Crippen LogP contribution < -0.4 is 11.3 Å². The predicted octanol–water partition coefficient (Wildman–Crippen LogP) is 0.325. The lowest BCUT2D eigenvalue weighted by Gasteiger charge is -2.30. The molecule has 0 aromatic rings. The van der Waals surface area contributed by atoms with E-state index in [1.54, 1.807) is 7.11 Å². The molecule has 2 fully saturated rings. The van der Waals surface area contributed by atoms with Gasteiger partial charge in [0.1, 0.15) is 0 Å². The Balaban J connectivity index is 1.99. The van der Waals surface area contributed by atoms with Crippen LogP contribution in [-0.4, -0.2) is 43.2 Å². The summed E-state index contributed by atoms with van der Waals surface area (Å²) in [7, 11) is 1.69. The van der Waals surface area contributed by atoms with Crippen LogP contribution in [0.5, 0.6) is 0 Å². The lowest BCUT2D eigenvalue weighted by atomic mass is 10.1. The molecule has 2 aliphatic rings. The molecular formula is C11H22N4O. The Labute approximate surface area is 97.0 Å². The molecule has 5 heteroatoms. The van der Waals surface area contributed by atoms with E-state index in [9.17, 15) is 0 Å². The summed E-state index contributed by atoms with van der Waals surface area (Å²) >= 11 is 0. The van der Waals surface area contributed by atoms with E-state index in [0.717, 1.165) is 18.4 Å². The number of hydrazine groups is 1. The SMILES string of the molecule is COCC(C)N=C(NN)N1CC2CCC1C2. The Kier molecular flexibility index (Phi) is 3.66. The van der Waals surface area contributed by atoms with Gasteiger partial charge in [0.25, 0.3) is 0 Å². The summed E-state index contributed by atoms with van der Waals surface area (Å²) in [6.45, 7) is 3.77. The average Bonchev–Trinajstić information content (AvgIpc) is 2.87. The Bertz CT molecular complexity index is 269. The maximum Gasteiger partial charge on any atom is 0.209 e. The van der Waals surface area contributed by atoms with Crippen LogP contribution in [0, 0.1) is 5.92 Å². The quantitative estimate of drug-likeness (QED) is 0.315. The van der Waals surface area contributed by atoms with Gasteiger partial charge in [0.2, 0.25) is 5.96 Å². The number of ether oxygens (including phenoxy) is 1. The van der Waals surface area contributed by atoms with Gasteiger partial charge in [-0.05, 0) is 32.1 Å². The maximum atomic E-state index is 5.57. The number of rotatable bonds is 3. The fourth-order valence-electron chi connectivity index (χ4n) is 2.87. The molecule has 1 saturated heterocycles. The van der Waals surface area contributed by atoms with Gasteiger partial charge >= 0.3 is 0 Å². The molecule has 5 nitrogen and oxygen atoms in total. The van der Waals surface area contributed by atoms with Crippen molar-refractivity contribution < 1.29 is 4.74 Å². The largest absolute Gasteiger partial charge is 0.382 e. The lowest BCUT2D eigenvalue weighted by Crippen LogP contribution is -2.48. The normalized spacial score (nSPS) is 30.9. The summed E-state index contributed by atoms with van der Waals surface area (Å²) < 4.78 is 5.08. The monoisotopic (exact) mass is 226 g/mol. The van der Waals surface area contributed by atoms with Crippen LogP contribution in [0.3, 0.4) is 0 Å². The molecular weight excluding hydrogens is 204 g/mol. The Morgan fingerprint density at radius 3 is 2.94 bits per heavy atom. The van der Waals surface area contributed by atoms with Crippen LogP contribution in [0.15, 0.2) is 4.99 Å². The molecule has 2 rings (SSSR count). The summed E-state index contributed by atoms with van der Waals surface area (Å²) in [6.07, 6.45) is 3.95. The summed E-state index contributed by atoms with van der Waals surface area (Å²) in [6, 6.07) is 0.796. The van der Waals surface area contributed by atoms with Crippen molar-refractivity contribution >= 4 is 5.96 Å². The number of guanidine groups is 1. The number of likely N-dealkylation sites (tertiary alicyclic amines) is 1. The zero-order valence-electron chi connectivity index (χ0n) is 10.1. The van der Waals surface area contributed by atoms with E-state index < -0.39 is 0 Å². The van der Waals surface area contributed by atoms with Crippen LogP contribution >= 0.6 is 0 Å². The Morgan fingerprint density at radius 1 is 1.62 bits per heavy atom. The van der Waals surface area contributed by atoms with Gasteiger partial charge in [-0.1, -0.05) is 0 Å². The second kappa shape index (κ2) is 5.01. The highest BCUT2D eigenvalue weighted by molar-refractivity contribution is 5.80. The molecule has 1 saturated carbocycles. The van der Waals surface area contributed by atoms with Gasteiger partial charge in [-0.15, -0.1) is 0 Å². The third kappa shape index (κ3) is 2.30. The minimum atomic E-state index is 0.148. The van der Waals surface area contributed by atoms with E-state index in [1.807, 2.05) is 6.92 Å². The lowest BCUT2D eigenvalue weighted by molar-refractivity contribution is 0.184. The summed E-state index contributed by atoms with van der Waals surface area (Å²) in [5.74, 6) is 7.24. The van der Waals surface area contributed by atoms with Gasteiger partial charge in [-0.3, -0.25) is 5.43 Å². The van der Waals surface area contributed by atoms with Crippen molar-refractivity contribution in [2.24, 2.45) is 16.8 Å². The molecule has 92 valence electrons. The topological polar surface area (TPSA) is 62.9 Å². The first-order chi connectivity index (χ1) is 7.74. The zero-order chi connectivity index (χ0) is 11.5. The van der Waals surface area contributed by atoms with Crippen molar-refractivity contribution in [3.63, 3.8) is 0 Å². The Hall–Kier alpha value is -0.810. The van der Waals surface area contributed by atoms with E-state index in [0.29, 0.717) is 12.6 Å². The fraction of sp³-hybridized carbons (Fsp3) is 0.909. The molecule has 0 spiro atoms. The second-order valence-corrected chi connectivity index (χ2v) is 4.89. The smallest absolute Gasteiger partial charge is 0.209 e. The molecule has 0 aromatic heterocycles. The number of piperidine rings is 1. The fourth-order valence-corrected chi connectivity index (χ4v) is 2.87. The molecule has 3 unspecified atom stereocenters. The molecule has 0 aromatic carbocycles. The predicted molar refractivity (Wildman–Crippen MR) is 63.9 cm³/mol. The number of aliphatic imine (C=N–C) groups is 1. The third-order valence-electron chi connectivity index (χ3n) is 3.56. The first-order valence-corrected chi connectivity index (χ1v) is 6.04. The highest BCUT2D eigenvalue weighted by atomic mass is 16.5. The minimum Gasteiger partial charge on any atom is -0.382 e. The molecule has 3 atom stereocenters. The Morgan fingerprint density at radius 2 is 2.44 bits per heavy atom. The second-order valence-electron chi connectivity index (χ2n) is 4.89. The van der Waals surface area contributed by atoms with Crippen LogP contribution in [0.4, 0.5) is 0 Å². The number of nitrogens with one attached hydrogen (secondary N) is 1. The summed E-state index contributed by atoms with van der Waals surface area (Å²) in [4.78, 5) is 6.89. The summed E-state index contributed by atoms with van der Waals surface area (Å²) in [5, 5.41) is 0. The van der Waals surface area contributed by atoms with Crippen molar-refractivity contribution in [1.82, 2.24) is 10.3 Å². The van der Waals surface area contributed by atoms with Gasteiger partial charge < -0.3 is 9.64 Å². The molecule has 0 radical (unpaired) electrons. The van der Waals surface area contributed by atoms with Gasteiger partial charge in [0.15, 0.2) is 0 Å². The van der Waals surface area contributed by atoms with Crippen LogP contribution in [-0.2, 0) is 4.74 Å². The molecule has 2 bridgehead atoms. The van der Waals surface area contributed by atoms with Crippen LogP contribution in [0.25, 0.3) is 0 Å². The summed E-state index contributed by atoms with van der Waals surface area (Å²) in [5.41, 5.74) is 2.74. The average molecular weight is 226 g/mol. The van der Waals surface area contributed by atoms with E-state index in [1.165, 1.54) is 19.3 Å². The van der Waals surface area contributed by atoms with Crippen molar-refractivity contribution in [3.8, 4) is 0 Å². The first-order valence-electron chi connectivity index (χ1n) is 6.04. The van der Waals surface area contributed by atoms with E-state index >= 15 is 0 Å². The van der Waals surface area contributed by atoms with Gasteiger partial charge in [0, 0.05) is 19.7 Å². The molecule has 3 N–H and O–H groups in total. The molecule has 16 heavy (non-hydrogen) atoms. The van der Waals surface area contributed by atoms with Gasteiger partial charge in [0.05, 0.1) is 12.6 Å². The molecule has 0 amide bonds. The van der Waals surface area contributed by atoms with Crippen molar-refractivity contribution in [2.45, 2.75) is 38.3 Å².